The summed E-state index contributed by atoms with van der Waals surface area (Å²) in [6.45, 7) is 0.459. The van der Waals surface area contributed by atoms with Gasteiger partial charge in [0.2, 0.25) is 0 Å². The Morgan fingerprint density at radius 2 is 1.92 bits per heavy atom. The Hall–Kier alpha value is 0.260. The maximum absolute atomic E-state index is 10.2. The minimum Gasteiger partial charge on any atom is -0.480 e. The number of halogens is 3. The summed E-state index contributed by atoms with van der Waals surface area (Å²) < 4.78 is 0. The van der Waals surface area contributed by atoms with Crippen LogP contribution in [-0.4, -0.2) is 29.0 Å². The molecule has 0 aromatic carbocycles. The second kappa shape index (κ2) is 10.3. The molecule has 0 heterocycles. The molecule has 0 fully saturated rings. The van der Waals surface area contributed by atoms with Crippen molar-refractivity contribution >= 4 is 42.4 Å². The molecule has 0 amide bonds. The Bertz CT molecular complexity index is 137. The maximum atomic E-state index is 10.2. The number of nitrogens with two attached hydrogens (primary N) is 2. The molecule has 5 N–H and O–H groups in total. The van der Waals surface area contributed by atoms with Crippen molar-refractivity contribution in [2.24, 2.45) is 11.5 Å². The van der Waals surface area contributed by atoms with Crippen LogP contribution in [0.3, 0.4) is 0 Å². The molecule has 13 heavy (non-hydrogen) atoms. The first-order valence-electron chi connectivity index (χ1n) is 3.40. The van der Waals surface area contributed by atoms with Crippen LogP contribution < -0.4 is 11.5 Å². The van der Waals surface area contributed by atoms with Gasteiger partial charge in [-0.1, -0.05) is 0 Å². The van der Waals surface area contributed by atoms with E-state index < -0.39 is 12.0 Å². The lowest BCUT2D eigenvalue weighted by Gasteiger charge is -2.10. The Morgan fingerprint density at radius 3 is 2.23 bits per heavy atom. The van der Waals surface area contributed by atoms with E-state index in [-0.39, 0.29) is 36.6 Å². The Morgan fingerprint density at radius 1 is 1.46 bits per heavy atom. The number of carbonyl (C=O) groups is 1. The standard InChI is InChI=1S/C6H13ClN2O2.2ClH/c7-4(1-2-8)3-5(9)6(10)11;;/h4-5H,1-3,8-9H2,(H,10,11);2*1H. The number of carboxylic acids is 1. The normalized spacial score (nSPS) is 13.5. The number of hydrogen-bond donors (Lipinski definition) is 3. The van der Waals surface area contributed by atoms with Gasteiger partial charge >= 0.3 is 5.97 Å². The van der Waals surface area contributed by atoms with E-state index in [1.54, 1.807) is 0 Å². The Labute approximate surface area is 94.8 Å². The molecule has 0 aliphatic carbocycles. The van der Waals surface area contributed by atoms with E-state index >= 15 is 0 Å². The van der Waals surface area contributed by atoms with E-state index in [0.29, 0.717) is 13.0 Å². The molecular weight excluding hydrogens is 238 g/mol. The van der Waals surface area contributed by atoms with Gasteiger partial charge in [0.1, 0.15) is 6.04 Å². The van der Waals surface area contributed by atoms with Crippen LogP contribution in [0.15, 0.2) is 0 Å². The number of alkyl halides is 1. The lowest BCUT2D eigenvalue weighted by atomic mass is 10.1. The minimum atomic E-state index is -1.02. The molecule has 2 atom stereocenters. The SMILES string of the molecule is Cl.Cl.NCCC(Cl)CC(N)C(=O)O. The summed E-state index contributed by atoms with van der Waals surface area (Å²) >= 11 is 5.70. The molecule has 0 aliphatic rings. The highest BCUT2D eigenvalue weighted by atomic mass is 35.5. The van der Waals surface area contributed by atoms with Gasteiger partial charge in [-0.25, -0.2) is 0 Å². The zero-order valence-corrected chi connectivity index (χ0v) is 9.37. The lowest BCUT2D eigenvalue weighted by molar-refractivity contribution is -0.138. The molecule has 4 nitrogen and oxygen atoms in total. The summed E-state index contributed by atoms with van der Waals surface area (Å²) in [6, 6.07) is -0.871. The van der Waals surface area contributed by atoms with Crippen molar-refractivity contribution in [1.29, 1.82) is 0 Å². The predicted octanol–water partition coefficient (Wildman–Crippen LogP) is 0.588. The summed E-state index contributed by atoms with van der Waals surface area (Å²) in [6.07, 6.45) is 0.872. The Kier molecular flexibility index (Phi) is 15.1. The van der Waals surface area contributed by atoms with Gasteiger partial charge in [0.15, 0.2) is 0 Å². The zero-order chi connectivity index (χ0) is 8.85. The topological polar surface area (TPSA) is 89.3 Å². The molecule has 0 aliphatic heterocycles. The summed E-state index contributed by atoms with van der Waals surface area (Å²) in [5, 5.41) is 8.15. The highest BCUT2D eigenvalue weighted by Gasteiger charge is 2.15. The molecule has 0 bridgehead atoms. The number of rotatable bonds is 5. The van der Waals surface area contributed by atoms with Crippen LogP contribution in [0, 0.1) is 0 Å². The number of aliphatic carboxylic acids is 1. The fourth-order valence-electron chi connectivity index (χ4n) is 0.675. The van der Waals surface area contributed by atoms with Gasteiger partial charge in [-0.15, -0.1) is 36.4 Å². The largest absolute Gasteiger partial charge is 0.480 e. The smallest absolute Gasteiger partial charge is 0.320 e. The molecule has 7 heteroatoms. The van der Waals surface area contributed by atoms with Crippen LogP contribution in [0.5, 0.6) is 0 Å². The molecular formula is C6H15Cl3N2O2. The van der Waals surface area contributed by atoms with Crippen LogP contribution in [0.2, 0.25) is 0 Å². The second-order valence-corrected chi connectivity index (χ2v) is 2.97. The zero-order valence-electron chi connectivity index (χ0n) is 6.98. The molecule has 0 saturated heterocycles. The van der Waals surface area contributed by atoms with Crippen LogP contribution in [0.25, 0.3) is 0 Å². The first-order chi connectivity index (χ1) is 5.07. The van der Waals surface area contributed by atoms with Crippen molar-refractivity contribution < 1.29 is 9.90 Å². The van der Waals surface area contributed by atoms with E-state index in [4.69, 9.17) is 28.2 Å². The monoisotopic (exact) mass is 252 g/mol. The van der Waals surface area contributed by atoms with Crippen LogP contribution in [0.1, 0.15) is 12.8 Å². The lowest BCUT2D eigenvalue weighted by Crippen LogP contribution is -2.33. The van der Waals surface area contributed by atoms with Gasteiger partial charge < -0.3 is 16.6 Å². The molecule has 2 unspecified atom stereocenters. The summed E-state index contributed by atoms with van der Waals surface area (Å²) in [5.74, 6) is -1.02. The van der Waals surface area contributed by atoms with Gasteiger partial charge in [0, 0.05) is 5.38 Å². The summed E-state index contributed by atoms with van der Waals surface area (Å²) in [5.41, 5.74) is 10.4. The highest BCUT2D eigenvalue weighted by Crippen LogP contribution is 2.07. The van der Waals surface area contributed by atoms with Gasteiger partial charge in [-0.3, -0.25) is 4.79 Å². The van der Waals surface area contributed by atoms with Gasteiger partial charge in [0.25, 0.3) is 0 Å². The maximum Gasteiger partial charge on any atom is 0.320 e. The van der Waals surface area contributed by atoms with E-state index in [9.17, 15) is 4.79 Å². The average molecular weight is 254 g/mol. The summed E-state index contributed by atoms with van der Waals surface area (Å²) in [7, 11) is 0. The molecule has 0 aromatic heterocycles. The molecule has 0 saturated carbocycles. The van der Waals surface area contributed by atoms with Crippen LogP contribution in [-0.2, 0) is 4.79 Å². The van der Waals surface area contributed by atoms with Crippen molar-refractivity contribution in [3.63, 3.8) is 0 Å². The highest BCUT2D eigenvalue weighted by molar-refractivity contribution is 6.20. The molecule has 0 radical (unpaired) electrons. The van der Waals surface area contributed by atoms with E-state index in [2.05, 4.69) is 0 Å². The summed E-state index contributed by atoms with van der Waals surface area (Å²) in [4.78, 5) is 10.2. The number of carboxylic acid groups (broad SMARTS) is 1. The molecule has 0 rings (SSSR count). The third-order valence-corrected chi connectivity index (χ3v) is 1.70. The second-order valence-electron chi connectivity index (χ2n) is 2.36. The molecule has 0 aromatic rings. The Balaban J connectivity index is -0.000000500. The molecule has 0 spiro atoms. The third-order valence-electron chi connectivity index (χ3n) is 1.31. The van der Waals surface area contributed by atoms with Crippen molar-refractivity contribution in [3.8, 4) is 0 Å². The fourth-order valence-corrected chi connectivity index (χ4v) is 0.993. The quantitative estimate of drug-likeness (QED) is 0.626. The van der Waals surface area contributed by atoms with Crippen molar-refractivity contribution in [3.05, 3.63) is 0 Å². The minimum absolute atomic E-state index is 0. The first-order valence-corrected chi connectivity index (χ1v) is 3.84. The third kappa shape index (κ3) is 10.2. The van der Waals surface area contributed by atoms with Gasteiger partial charge in [-0.2, -0.15) is 0 Å². The van der Waals surface area contributed by atoms with Crippen LogP contribution >= 0.6 is 36.4 Å². The van der Waals surface area contributed by atoms with E-state index in [1.807, 2.05) is 0 Å². The van der Waals surface area contributed by atoms with Crippen molar-refractivity contribution in [1.82, 2.24) is 0 Å². The average Bonchev–Trinajstić information content (AvgIpc) is 1.87. The van der Waals surface area contributed by atoms with Crippen LogP contribution in [0.4, 0.5) is 0 Å². The van der Waals surface area contributed by atoms with E-state index in [0.717, 1.165) is 0 Å². The van der Waals surface area contributed by atoms with Crippen molar-refractivity contribution in [2.75, 3.05) is 6.54 Å². The van der Waals surface area contributed by atoms with Gasteiger partial charge in [-0.05, 0) is 19.4 Å². The first kappa shape index (κ1) is 18.9. The predicted molar refractivity (Wildman–Crippen MR) is 58.0 cm³/mol. The van der Waals surface area contributed by atoms with E-state index in [1.165, 1.54) is 0 Å². The van der Waals surface area contributed by atoms with Crippen molar-refractivity contribution in [2.45, 2.75) is 24.3 Å². The molecule has 82 valence electrons. The number of hydrogen-bond acceptors (Lipinski definition) is 3. The van der Waals surface area contributed by atoms with Gasteiger partial charge in [0.05, 0.1) is 0 Å². The fraction of sp³-hybridized carbons (Fsp3) is 0.833.